The topological polar surface area (TPSA) is 64.3 Å². The minimum atomic E-state index is -0.516. The van der Waals surface area contributed by atoms with Gasteiger partial charge in [-0.25, -0.2) is 4.39 Å². The predicted molar refractivity (Wildman–Crippen MR) is 83.2 cm³/mol. The van der Waals surface area contributed by atoms with Crippen molar-refractivity contribution in [1.82, 2.24) is 0 Å². The van der Waals surface area contributed by atoms with Crippen LogP contribution in [0.25, 0.3) is 0 Å². The first-order valence-electron chi connectivity index (χ1n) is 6.20. The molecule has 0 unspecified atom stereocenters. The number of anilines is 2. The maximum absolute atomic E-state index is 13.0. The molecule has 3 N–H and O–H groups in total. The molecule has 0 atom stereocenters. The van der Waals surface area contributed by atoms with Crippen molar-refractivity contribution in [2.24, 2.45) is 0 Å². The summed E-state index contributed by atoms with van der Waals surface area (Å²) in [6, 6.07) is 11.4. The minimum Gasteiger partial charge on any atom is -0.484 e. The van der Waals surface area contributed by atoms with Gasteiger partial charge in [0.05, 0.1) is 5.69 Å². The zero-order valence-electron chi connectivity index (χ0n) is 11.4. The van der Waals surface area contributed by atoms with E-state index in [9.17, 15) is 9.18 Å². The second kappa shape index (κ2) is 6.99. The van der Waals surface area contributed by atoms with Crippen LogP contribution in [0.5, 0.6) is 5.75 Å². The third-order valence-electron chi connectivity index (χ3n) is 2.71. The van der Waals surface area contributed by atoms with Gasteiger partial charge in [-0.3, -0.25) is 4.79 Å². The molecule has 0 heterocycles. The van der Waals surface area contributed by atoms with Gasteiger partial charge in [-0.1, -0.05) is 0 Å². The molecular formula is C15H15FN2O2S. The highest BCUT2D eigenvalue weighted by Crippen LogP contribution is 2.19. The highest BCUT2D eigenvalue weighted by molar-refractivity contribution is 7.98. The zero-order chi connectivity index (χ0) is 15.2. The van der Waals surface area contributed by atoms with E-state index in [1.165, 1.54) is 18.2 Å². The average Bonchev–Trinajstić information content (AvgIpc) is 2.49. The van der Waals surface area contributed by atoms with E-state index >= 15 is 0 Å². The lowest BCUT2D eigenvalue weighted by atomic mass is 10.2. The Morgan fingerprint density at radius 2 is 2.00 bits per heavy atom. The largest absolute Gasteiger partial charge is 0.484 e. The Morgan fingerprint density at radius 3 is 2.62 bits per heavy atom. The molecule has 0 aromatic heterocycles. The molecule has 0 spiro atoms. The van der Waals surface area contributed by atoms with Crippen molar-refractivity contribution in [3.05, 3.63) is 48.3 Å². The van der Waals surface area contributed by atoms with Gasteiger partial charge in [0.1, 0.15) is 11.6 Å². The highest BCUT2D eigenvalue weighted by atomic mass is 32.2. The van der Waals surface area contributed by atoms with Crippen LogP contribution in [0.1, 0.15) is 0 Å². The lowest BCUT2D eigenvalue weighted by Gasteiger charge is -2.08. The quantitative estimate of drug-likeness (QED) is 0.658. The normalized spacial score (nSPS) is 10.2. The Balaban J connectivity index is 1.87. The van der Waals surface area contributed by atoms with Crippen molar-refractivity contribution >= 4 is 29.0 Å². The molecule has 0 saturated heterocycles. The second-order valence-electron chi connectivity index (χ2n) is 4.25. The van der Waals surface area contributed by atoms with Crippen LogP contribution in [0.3, 0.4) is 0 Å². The lowest BCUT2D eigenvalue weighted by Crippen LogP contribution is -2.20. The van der Waals surface area contributed by atoms with Crippen LogP contribution in [0.2, 0.25) is 0 Å². The van der Waals surface area contributed by atoms with E-state index in [-0.39, 0.29) is 18.2 Å². The molecule has 0 fully saturated rings. The van der Waals surface area contributed by atoms with Gasteiger partial charge in [-0.15, -0.1) is 11.8 Å². The molecule has 6 heteroatoms. The number of benzene rings is 2. The number of nitrogens with one attached hydrogen (secondary N) is 1. The summed E-state index contributed by atoms with van der Waals surface area (Å²) in [6.07, 6.45) is 1.98. The first-order valence-corrected chi connectivity index (χ1v) is 7.42. The van der Waals surface area contributed by atoms with Gasteiger partial charge in [0.2, 0.25) is 0 Å². The fourth-order valence-corrected chi connectivity index (χ4v) is 2.05. The molecular weight excluding hydrogens is 291 g/mol. The van der Waals surface area contributed by atoms with Crippen molar-refractivity contribution in [2.75, 3.05) is 23.9 Å². The Morgan fingerprint density at radius 1 is 1.29 bits per heavy atom. The number of carbonyl (C=O) groups excluding carboxylic acids is 1. The lowest BCUT2D eigenvalue weighted by molar-refractivity contribution is -0.118. The summed E-state index contributed by atoms with van der Waals surface area (Å²) in [4.78, 5) is 12.8. The van der Waals surface area contributed by atoms with E-state index in [0.29, 0.717) is 11.4 Å². The number of halogens is 1. The van der Waals surface area contributed by atoms with E-state index in [1.807, 2.05) is 18.4 Å². The maximum atomic E-state index is 13.0. The molecule has 1 amide bonds. The number of rotatable bonds is 5. The molecule has 0 radical (unpaired) electrons. The Bertz CT molecular complexity index is 632. The number of nitrogens with two attached hydrogens (primary N) is 1. The maximum Gasteiger partial charge on any atom is 0.262 e. The van der Waals surface area contributed by atoms with Gasteiger partial charge >= 0.3 is 0 Å². The summed E-state index contributed by atoms with van der Waals surface area (Å²) in [5.41, 5.74) is 5.85. The SMILES string of the molecule is CSc1ccc(OCC(=O)Nc2ccc(F)c(N)c2)cc1. The van der Waals surface area contributed by atoms with Gasteiger partial charge in [-0.05, 0) is 48.7 Å². The number of hydrogen-bond acceptors (Lipinski definition) is 4. The summed E-state index contributed by atoms with van der Waals surface area (Å²) in [6.45, 7) is -0.129. The van der Waals surface area contributed by atoms with Crippen LogP contribution >= 0.6 is 11.8 Å². The standard InChI is InChI=1S/C15H15FN2O2S/c1-21-12-5-3-11(4-6-12)20-9-15(19)18-10-2-7-13(16)14(17)8-10/h2-8H,9,17H2,1H3,(H,18,19). The molecule has 4 nitrogen and oxygen atoms in total. The smallest absolute Gasteiger partial charge is 0.262 e. The van der Waals surface area contributed by atoms with Crippen molar-refractivity contribution in [3.63, 3.8) is 0 Å². The van der Waals surface area contributed by atoms with Crippen LogP contribution in [0.4, 0.5) is 15.8 Å². The van der Waals surface area contributed by atoms with Crippen LogP contribution < -0.4 is 15.8 Å². The van der Waals surface area contributed by atoms with Gasteiger partial charge in [0, 0.05) is 10.6 Å². The Hall–Kier alpha value is -2.21. The Kier molecular flexibility index (Phi) is 5.05. The van der Waals surface area contributed by atoms with Crippen molar-refractivity contribution in [2.45, 2.75) is 4.90 Å². The summed E-state index contributed by atoms with van der Waals surface area (Å²) >= 11 is 1.63. The number of hydrogen-bond donors (Lipinski definition) is 2. The van der Waals surface area contributed by atoms with Gasteiger partial charge in [0.15, 0.2) is 6.61 Å². The third-order valence-corrected chi connectivity index (χ3v) is 3.45. The molecule has 0 aliphatic heterocycles. The molecule has 2 aromatic carbocycles. The zero-order valence-corrected chi connectivity index (χ0v) is 12.2. The summed E-state index contributed by atoms with van der Waals surface area (Å²) in [7, 11) is 0. The average molecular weight is 306 g/mol. The Labute approximate surface area is 126 Å². The van der Waals surface area contributed by atoms with E-state index in [1.54, 1.807) is 23.9 Å². The first-order chi connectivity index (χ1) is 10.1. The molecule has 0 aliphatic carbocycles. The van der Waals surface area contributed by atoms with Crippen LogP contribution in [0.15, 0.2) is 47.4 Å². The first kappa shape index (κ1) is 15.2. The molecule has 0 aliphatic rings. The van der Waals surface area contributed by atoms with Gasteiger partial charge in [-0.2, -0.15) is 0 Å². The molecule has 110 valence electrons. The summed E-state index contributed by atoms with van der Waals surface area (Å²) in [5.74, 6) is -0.241. The number of amides is 1. The van der Waals surface area contributed by atoms with Crippen molar-refractivity contribution in [3.8, 4) is 5.75 Å². The van der Waals surface area contributed by atoms with Gasteiger partial charge in [0.25, 0.3) is 5.91 Å². The fraction of sp³-hybridized carbons (Fsp3) is 0.133. The number of ether oxygens (including phenoxy) is 1. The van der Waals surface area contributed by atoms with Gasteiger partial charge < -0.3 is 15.8 Å². The predicted octanol–water partition coefficient (Wildman–Crippen LogP) is 3.15. The van der Waals surface area contributed by atoms with E-state index in [2.05, 4.69) is 5.32 Å². The molecule has 0 bridgehead atoms. The second-order valence-corrected chi connectivity index (χ2v) is 5.13. The van der Waals surface area contributed by atoms with E-state index in [4.69, 9.17) is 10.5 Å². The molecule has 21 heavy (non-hydrogen) atoms. The summed E-state index contributed by atoms with van der Waals surface area (Å²) in [5, 5.41) is 2.59. The van der Waals surface area contributed by atoms with Crippen molar-refractivity contribution in [1.29, 1.82) is 0 Å². The number of nitrogen functional groups attached to an aromatic ring is 1. The number of thioether (sulfide) groups is 1. The van der Waals surface area contributed by atoms with Crippen LogP contribution in [-0.2, 0) is 4.79 Å². The van der Waals surface area contributed by atoms with E-state index < -0.39 is 5.82 Å². The van der Waals surface area contributed by atoms with Crippen molar-refractivity contribution < 1.29 is 13.9 Å². The monoisotopic (exact) mass is 306 g/mol. The number of carbonyl (C=O) groups is 1. The summed E-state index contributed by atoms with van der Waals surface area (Å²) < 4.78 is 18.4. The van der Waals surface area contributed by atoms with Crippen LogP contribution in [0, 0.1) is 5.82 Å². The molecule has 2 rings (SSSR count). The molecule has 0 saturated carbocycles. The van der Waals surface area contributed by atoms with Crippen LogP contribution in [-0.4, -0.2) is 18.8 Å². The highest BCUT2D eigenvalue weighted by Gasteiger charge is 2.06. The third kappa shape index (κ3) is 4.39. The minimum absolute atomic E-state index is 0.0126. The molecule has 2 aromatic rings. The fourth-order valence-electron chi connectivity index (χ4n) is 1.64. The van der Waals surface area contributed by atoms with E-state index in [0.717, 1.165) is 4.90 Å².